The second-order valence-corrected chi connectivity index (χ2v) is 5.11. The molecular weight excluding hydrogens is 368 g/mol. The second-order valence-electron chi connectivity index (χ2n) is 4.70. The Balaban J connectivity index is 2.67. The van der Waals surface area contributed by atoms with E-state index in [-0.39, 0.29) is 28.2 Å². The molecule has 0 saturated carbocycles. The minimum Gasteiger partial charge on any atom is -0.494 e. The van der Waals surface area contributed by atoms with Crippen molar-refractivity contribution >= 4 is 17.2 Å². The third-order valence-electron chi connectivity index (χ3n) is 3.09. The Morgan fingerprint density at radius 1 is 1.32 bits per heavy atom. The van der Waals surface area contributed by atoms with Crippen LogP contribution in [-0.2, 0) is 0 Å². The molecule has 2 rings (SSSR count). The van der Waals surface area contributed by atoms with Crippen LogP contribution >= 0.6 is 11.6 Å². The lowest BCUT2D eigenvalue weighted by molar-refractivity contribution is -0.402. The summed E-state index contributed by atoms with van der Waals surface area (Å²) in [5.74, 6) is -0.626. The van der Waals surface area contributed by atoms with E-state index in [0.717, 1.165) is 18.2 Å². The lowest BCUT2D eigenvalue weighted by atomic mass is 10.1. The molecule has 0 radical (unpaired) electrons. The molecule has 10 heteroatoms. The quantitative estimate of drug-likeness (QED) is 0.439. The molecule has 0 aliphatic rings. The van der Waals surface area contributed by atoms with Crippen molar-refractivity contribution in [2.24, 2.45) is 0 Å². The van der Waals surface area contributed by atoms with Crippen molar-refractivity contribution in [1.82, 2.24) is 4.98 Å². The topological polar surface area (TPSA) is 65.3 Å². The number of nitrogens with zero attached hydrogens (tertiary/aromatic N) is 2. The highest BCUT2D eigenvalue weighted by molar-refractivity contribution is 6.31. The van der Waals surface area contributed by atoms with Crippen LogP contribution in [0, 0.1) is 15.9 Å². The molecule has 0 unspecified atom stereocenters. The summed E-state index contributed by atoms with van der Waals surface area (Å²) in [5.41, 5.74) is -2.09. The molecule has 5 nitrogen and oxygen atoms in total. The third-order valence-corrected chi connectivity index (χ3v) is 3.38. The van der Waals surface area contributed by atoms with E-state index in [1.807, 2.05) is 0 Å². The van der Waals surface area contributed by atoms with Crippen molar-refractivity contribution in [1.29, 1.82) is 0 Å². The smallest absolute Gasteiger partial charge is 0.424 e. The summed E-state index contributed by atoms with van der Waals surface area (Å²) < 4.78 is 57.6. The van der Waals surface area contributed by atoms with Gasteiger partial charge in [-0.05, 0) is 30.3 Å². The number of nitro groups is 1. The Labute approximate surface area is 143 Å². The lowest BCUT2D eigenvalue weighted by Crippen LogP contribution is -2.14. The standard InChI is InChI=1S/C15H9ClF4N2O3/c1-25-13-5-4-12(9(7-22(23)24)15(18,19)20)21-14(13)8-2-3-11(17)10(16)6-8/h2-7H,1H3/b9-7-. The molecule has 0 N–H and O–H groups in total. The van der Waals surface area contributed by atoms with Gasteiger partial charge in [0, 0.05) is 5.56 Å². The van der Waals surface area contributed by atoms with Crippen molar-refractivity contribution in [3.63, 3.8) is 0 Å². The molecule has 1 aromatic heterocycles. The first-order chi connectivity index (χ1) is 11.6. The van der Waals surface area contributed by atoms with Crippen LogP contribution in [0.5, 0.6) is 5.75 Å². The molecule has 0 fully saturated rings. The Morgan fingerprint density at radius 3 is 2.52 bits per heavy atom. The molecule has 0 aliphatic heterocycles. The van der Waals surface area contributed by atoms with Crippen LogP contribution in [0.15, 0.2) is 36.5 Å². The first-order valence-electron chi connectivity index (χ1n) is 6.57. The fourth-order valence-corrected chi connectivity index (χ4v) is 2.18. The van der Waals surface area contributed by atoms with Gasteiger partial charge in [-0.1, -0.05) is 11.6 Å². The van der Waals surface area contributed by atoms with E-state index in [1.165, 1.54) is 19.2 Å². The minimum absolute atomic E-state index is 0.0691. The summed E-state index contributed by atoms with van der Waals surface area (Å²) in [6.45, 7) is 0. The number of pyridine rings is 1. The minimum atomic E-state index is -4.99. The van der Waals surface area contributed by atoms with Gasteiger partial charge in [0.25, 0.3) is 0 Å². The lowest BCUT2D eigenvalue weighted by Gasteiger charge is -2.13. The molecule has 0 atom stereocenters. The Morgan fingerprint density at radius 2 is 2.00 bits per heavy atom. The summed E-state index contributed by atoms with van der Waals surface area (Å²) in [7, 11) is 1.27. The van der Waals surface area contributed by atoms with Crippen molar-refractivity contribution in [3.05, 3.63) is 63.2 Å². The number of halogens is 5. The van der Waals surface area contributed by atoms with Gasteiger partial charge in [0.15, 0.2) is 5.57 Å². The number of alkyl halides is 3. The zero-order valence-corrected chi connectivity index (χ0v) is 13.2. The van der Waals surface area contributed by atoms with E-state index in [0.29, 0.717) is 0 Å². The average molecular weight is 377 g/mol. The number of aromatic nitrogens is 1. The van der Waals surface area contributed by atoms with Crippen LogP contribution in [0.3, 0.4) is 0 Å². The van der Waals surface area contributed by atoms with Gasteiger partial charge in [-0.25, -0.2) is 9.37 Å². The molecule has 0 saturated heterocycles. The van der Waals surface area contributed by atoms with Crippen LogP contribution in [0.2, 0.25) is 5.02 Å². The number of ether oxygens (including phenoxy) is 1. The number of hydrogen-bond donors (Lipinski definition) is 0. The Hall–Kier alpha value is -2.68. The maximum Gasteiger partial charge on any atom is 0.424 e. The first kappa shape index (κ1) is 18.7. The van der Waals surface area contributed by atoms with Crippen LogP contribution in [0.4, 0.5) is 17.6 Å². The van der Waals surface area contributed by atoms with Gasteiger partial charge >= 0.3 is 6.18 Å². The molecule has 0 amide bonds. The zero-order valence-electron chi connectivity index (χ0n) is 12.5. The fraction of sp³-hybridized carbons (Fsp3) is 0.133. The van der Waals surface area contributed by atoms with E-state index < -0.39 is 28.2 Å². The monoisotopic (exact) mass is 376 g/mol. The van der Waals surface area contributed by atoms with Crippen molar-refractivity contribution < 1.29 is 27.2 Å². The van der Waals surface area contributed by atoms with Gasteiger partial charge in [-0.2, -0.15) is 13.2 Å². The van der Waals surface area contributed by atoms with Crippen LogP contribution in [0.25, 0.3) is 16.8 Å². The third kappa shape index (κ3) is 4.24. The molecule has 0 bridgehead atoms. The molecular formula is C15H9ClF4N2O3. The summed E-state index contributed by atoms with van der Waals surface area (Å²) >= 11 is 5.68. The molecule has 2 aromatic rings. The highest BCUT2D eigenvalue weighted by atomic mass is 35.5. The molecule has 0 aliphatic carbocycles. The SMILES string of the molecule is COc1ccc(/C(=C/[N+](=O)[O-])C(F)(F)F)nc1-c1ccc(F)c(Cl)c1. The predicted octanol–water partition coefficient (Wildman–Crippen LogP) is 4.73. The van der Waals surface area contributed by atoms with E-state index in [4.69, 9.17) is 16.3 Å². The number of hydrogen-bond acceptors (Lipinski definition) is 4. The average Bonchev–Trinajstić information content (AvgIpc) is 2.53. The largest absolute Gasteiger partial charge is 0.494 e. The maximum absolute atomic E-state index is 13.3. The van der Waals surface area contributed by atoms with Crippen LogP contribution < -0.4 is 4.74 Å². The van der Waals surface area contributed by atoms with Crippen molar-refractivity contribution in [2.45, 2.75) is 6.18 Å². The van der Waals surface area contributed by atoms with E-state index >= 15 is 0 Å². The van der Waals surface area contributed by atoms with Gasteiger partial charge in [0.1, 0.15) is 17.3 Å². The van der Waals surface area contributed by atoms with E-state index in [1.54, 1.807) is 0 Å². The molecule has 25 heavy (non-hydrogen) atoms. The van der Waals surface area contributed by atoms with Crippen molar-refractivity contribution in [2.75, 3.05) is 7.11 Å². The highest BCUT2D eigenvalue weighted by Crippen LogP contribution is 2.37. The highest BCUT2D eigenvalue weighted by Gasteiger charge is 2.39. The Bertz CT molecular complexity index is 853. The first-order valence-corrected chi connectivity index (χ1v) is 6.94. The second kappa shape index (κ2) is 7.06. The van der Waals surface area contributed by atoms with Crippen molar-refractivity contribution in [3.8, 4) is 17.0 Å². The molecule has 0 spiro atoms. The predicted molar refractivity (Wildman–Crippen MR) is 82.2 cm³/mol. The summed E-state index contributed by atoms with van der Waals surface area (Å²) in [5, 5.41) is 10.2. The van der Waals surface area contributed by atoms with E-state index in [9.17, 15) is 27.7 Å². The summed E-state index contributed by atoms with van der Waals surface area (Å²) in [4.78, 5) is 13.1. The van der Waals surface area contributed by atoms with Gasteiger partial charge in [0.05, 0.1) is 22.7 Å². The summed E-state index contributed by atoms with van der Waals surface area (Å²) in [6.07, 6.45) is -5.16. The van der Waals surface area contributed by atoms with Gasteiger partial charge in [0.2, 0.25) is 6.20 Å². The molecule has 1 heterocycles. The van der Waals surface area contributed by atoms with Crippen LogP contribution in [-0.4, -0.2) is 23.2 Å². The number of methoxy groups -OCH3 is 1. The Kier molecular flexibility index (Phi) is 5.27. The molecule has 1 aromatic carbocycles. The van der Waals surface area contributed by atoms with Gasteiger partial charge < -0.3 is 4.74 Å². The molecule has 132 valence electrons. The number of allylic oxidation sites excluding steroid dienone is 1. The fourth-order valence-electron chi connectivity index (χ4n) is 2.00. The zero-order chi connectivity index (χ0) is 18.8. The van der Waals surface area contributed by atoms with Gasteiger partial charge in [-0.15, -0.1) is 0 Å². The number of benzene rings is 1. The van der Waals surface area contributed by atoms with Gasteiger partial charge in [-0.3, -0.25) is 10.1 Å². The van der Waals surface area contributed by atoms with Crippen LogP contribution in [0.1, 0.15) is 5.69 Å². The number of rotatable bonds is 4. The van der Waals surface area contributed by atoms with E-state index in [2.05, 4.69) is 4.98 Å². The normalized spacial score (nSPS) is 12.2. The summed E-state index contributed by atoms with van der Waals surface area (Å²) in [6, 6.07) is 5.55. The maximum atomic E-state index is 13.3.